The molecule has 4 nitrogen and oxygen atoms in total. The van der Waals surface area contributed by atoms with E-state index in [1.54, 1.807) is 6.08 Å². The second-order valence-corrected chi connectivity index (χ2v) is 5.60. The molecule has 0 N–H and O–H groups in total. The molecule has 0 amide bonds. The van der Waals surface area contributed by atoms with Crippen LogP contribution in [0.1, 0.15) is 17.2 Å². The minimum absolute atomic E-state index is 0.407. The molecular formula is C20H14N4. The number of rotatable bonds is 2. The zero-order valence-corrected chi connectivity index (χ0v) is 12.9. The number of nitrogens with zero attached hydrogens (tertiary/aromatic N) is 4. The predicted octanol–water partition coefficient (Wildman–Crippen LogP) is 5.36. The highest BCUT2D eigenvalue weighted by atomic mass is 15.1. The number of azo groups is 1. The molecule has 1 unspecified atom stereocenters. The average molecular weight is 310 g/mol. The van der Waals surface area contributed by atoms with Gasteiger partial charge in [0.25, 0.3) is 0 Å². The molecule has 0 aromatic heterocycles. The van der Waals surface area contributed by atoms with Gasteiger partial charge in [0.05, 0.1) is 5.69 Å². The molecule has 0 radical (unpaired) electrons. The van der Waals surface area contributed by atoms with E-state index in [4.69, 9.17) is 0 Å². The van der Waals surface area contributed by atoms with E-state index in [-0.39, 0.29) is 0 Å². The summed E-state index contributed by atoms with van der Waals surface area (Å²) in [6, 6.07) is 21.5. The van der Waals surface area contributed by atoms with E-state index in [9.17, 15) is 5.53 Å². The molecule has 4 heteroatoms. The van der Waals surface area contributed by atoms with E-state index in [1.807, 2.05) is 72.8 Å². The highest BCUT2D eigenvalue weighted by molar-refractivity contribution is 6.02. The van der Waals surface area contributed by atoms with E-state index >= 15 is 0 Å². The summed E-state index contributed by atoms with van der Waals surface area (Å²) in [4.78, 5) is 3.38. The summed E-state index contributed by atoms with van der Waals surface area (Å²) < 4.78 is 0. The van der Waals surface area contributed by atoms with Gasteiger partial charge in [0, 0.05) is 11.5 Å². The van der Waals surface area contributed by atoms with E-state index in [1.165, 1.54) is 0 Å². The van der Waals surface area contributed by atoms with Crippen molar-refractivity contribution in [1.82, 2.24) is 0 Å². The van der Waals surface area contributed by atoms with Crippen LogP contribution in [-0.4, -0.2) is 10.5 Å². The first-order valence-corrected chi connectivity index (χ1v) is 7.74. The van der Waals surface area contributed by atoms with Crippen molar-refractivity contribution >= 4 is 28.2 Å². The number of hydrogen-bond donors (Lipinski definition) is 0. The summed E-state index contributed by atoms with van der Waals surface area (Å²) in [5.74, 6) is 0. The Bertz CT molecular complexity index is 1020. The summed E-state index contributed by atoms with van der Waals surface area (Å²) in [6.07, 6.45) is 3.70. The van der Waals surface area contributed by atoms with Crippen molar-refractivity contribution in [2.24, 2.45) is 10.2 Å². The maximum Gasteiger partial charge on any atom is 0.322 e. The van der Waals surface area contributed by atoms with Gasteiger partial charge in [0.2, 0.25) is 0 Å². The molecule has 1 atom stereocenters. The van der Waals surface area contributed by atoms with Crippen molar-refractivity contribution in [3.05, 3.63) is 89.5 Å². The van der Waals surface area contributed by atoms with Crippen LogP contribution >= 0.6 is 0 Å². The summed E-state index contributed by atoms with van der Waals surface area (Å²) in [5, 5.41) is 11.1. The maximum absolute atomic E-state index is 9.29. The van der Waals surface area contributed by atoms with Gasteiger partial charge in [-0.3, -0.25) is 0 Å². The number of benzene rings is 3. The van der Waals surface area contributed by atoms with E-state index in [2.05, 4.69) is 15.0 Å². The van der Waals surface area contributed by atoms with Gasteiger partial charge in [0.15, 0.2) is 6.04 Å². The van der Waals surface area contributed by atoms with Gasteiger partial charge in [-0.05, 0) is 28.7 Å². The molecule has 0 saturated heterocycles. The van der Waals surface area contributed by atoms with Crippen LogP contribution in [0.25, 0.3) is 22.4 Å². The van der Waals surface area contributed by atoms with Crippen LogP contribution < -0.4 is 0 Å². The van der Waals surface area contributed by atoms with Gasteiger partial charge in [-0.15, -0.1) is 0 Å². The third kappa shape index (κ3) is 2.45. The van der Waals surface area contributed by atoms with Crippen LogP contribution in [0.2, 0.25) is 0 Å². The zero-order valence-electron chi connectivity index (χ0n) is 12.9. The third-order valence-electron chi connectivity index (χ3n) is 4.17. The number of fused-ring (bicyclic) bond motifs is 2. The van der Waals surface area contributed by atoms with Crippen LogP contribution in [0.3, 0.4) is 0 Å². The van der Waals surface area contributed by atoms with Crippen molar-refractivity contribution in [2.75, 3.05) is 0 Å². The van der Waals surface area contributed by atoms with E-state index in [0.717, 1.165) is 27.6 Å². The predicted molar refractivity (Wildman–Crippen MR) is 95.3 cm³/mol. The average Bonchev–Trinajstić information content (AvgIpc) is 2.66. The smallest absolute Gasteiger partial charge is 0.322 e. The topological polar surface area (TPSA) is 61.1 Å². The van der Waals surface area contributed by atoms with Crippen LogP contribution in [-0.2, 0) is 0 Å². The lowest BCUT2D eigenvalue weighted by Crippen LogP contribution is -2.13. The molecule has 24 heavy (non-hydrogen) atoms. The monoisotopic (exact) mass is 310 g/mol. The molecule has 0 heterocycles. The molecule has 0 spiro atoms. The highest BCUT2D eigenvalue weighted by Gasteiger charge is 2.28. The van der Waals surface area contributed by atoms with Gasteiger partial charge in [-0.25, -0.2) is 0 Å². The first-order valence-electron chi connectivity index (χ1n) is 7.74. The van der Waals surface area contributed by atoms with Crippen LogP contribution in [0, 0.1) is 0 Å². The van der Waals surface area contributed by atoms with Crippen LogP contribution in [0.4, 0.5) is 5.69 Å². The fourth-order valence-electron chi connectivity index (χ4n) is 2.96. The van der Waals surface area contributed by atoms with Crippen molar-refractivity contribution in [1.29, 1.82) is 0 Å². The molecule has 1 aliphatic rings. The van der Waals surface area contributed by atoms with Gasteiger partial charge in [-0.1, -0.05) is 60.7 Å². The molecule has 0 fully saturated rings. The first-order chi connectivity index (χ1) is 11.9. The standard InChI is InChI=1S/C20H14N4/c21-22-19-13-12-15-7-2-4-10-17(15)20(19)24-23-18-11-5-8-14-6-1-3-9-16(14)18/h1-13,20H. The van der Waals surface area contributed by atoms with Crippen LogP contribution in [0.5, 0.6) is 0 Å². The Labute approximate surface area is 139 Å². The molecule has 0 bridgehead atoms. The Kier molecular flexibility index (Phi) is 3.58. The Morgan fingerprint density at radius 2 is 1.62 bits per heavy atom. The molecular weight excluding hydrogens is 296 g/mol. The summed E-state index contributed by atoms with van der Waals surface area (Å²) in [5.41, 5.74) is 12.6. The summed E-state index contributed by atoms with van der Waals surface area (Å²) >= 11 is 0. The summed E-state index contributed by atoms with van der Waals surface area (Å²) in [7, 11) is 0. The highest BCUT2D eigenvalue weighted by Crippen LogP contribution is 2.31. The van der Waals surface area contributed by atoms with Crippen molar-refractivity contribution in [3.8, 4) is 0 Å². The zero-order chi connectivity index (χ0) is 16.4. The normalized spacial score (nSPS) is 16.3. The Balaban J connectivity index is 1.79. The lowest BCUT2D eigenvalue weighted by Gasteiger charge is -2.13. The lowest BCUT2D eigenvalue weighted by atomic mass is 9.92. The van der Waals surface area contributed by atoms with E-state index in [0.29, 0.717) is 5.71 Å². The van der Waals surface area contributed by atoms with Crippen molar-refractivity contribution in [2.45, 2.75) is 6.04 Å². The Hall–Kier alpha value is -3.36. The Morgan fingerprint density at radius 3 is 2.54 bits per heavy atom. The molecule has 4 rings (SSSR count). The fourth-order valence-corrected chi connectivity index (χ4v) is 2.96. The Morgan fingerprint density at radius 1 is 0.833 bits per heavy atom. The minimum atomic E-state index is -0.407. The molecule has 114 valence electrons. The largest absolute Gasteiger partial charge is 0.361 e. The second kappa shape index (κ2) is 6.03. The minimum Gasteiger partial charge on any atom is -0.361 e. The van der Waals surface area contributed by atoms with Crippen molar-refractivity contribution < 1.29 is 4.79 Å². The lowest BCUT2D eigenvalue weighted by molar-refractivity contribution is -0.00794. The third-order valence-corrected chi connectivity index (χ3v) is 4.17. The first kappa shape index (κ1) is 14.2. The molecule has 3 aromatic rings. The molecule has 3 aromatic carbocycles. The van der Waals surface area contributed by atoms with Gasteiger partial charge >= 0.3 is 5.71 Å². The van der Waals surface area contributed by atoms with E-state index < -0.39 is 6.04 Å². The van der Waals surface area contributed by atoms with Crippen molar-refractivity contribution in [3.63, 3.8) is 0 Å². The number of hydrogen-bond acceptors (Lipinski definition) is 2. The maximum atomic E-state index is 9.29. The SMILES string of the molecule is [N-]=[N+]=C1C=Cc2ccccc2C1N=Nc1cccc2ccccc12. The van der Waals surface area contributed by atoms with Gasteiger partial charge < -0.3 is 5.53 Å². The summed E-state index contributed by atoms with van der Waals surface area (Å²) in [6.45, 7) is 0. The quantitative estimate of drug-likeness (QED) is 0.452. The fraction of sp³-hybridized carbons (Fsp3) is 0.0500. The molecule has 0 saturated carbocycles. The van der Waals surface area contributed by atoms with Gasteiger partial charge in [-0.2, -0.15) is 15.0 Å². The van der Waals surface area contributed by atoms with Crippen LogP contribution in [0.15, 0.2) is 83.0 Å². The van der Waals surface area contributed by atoms with Gasteiger partial charge in [0.1, 0.15) is 0 Å². The molecule has 0 aliphatic heterocycles. The molecule has 1 aliphatic carbocycles. The second-order valence-electron chi connectivity index (χ2n) is 5.60.